The van der Waals surface area contributed by atoms with Crippen LogP contribution >= 0.6 is 11.3 Å². The largest absolute Gasteiger partial charge is 0.228 e. The van der Waals surface area contributed by atoms with Crippen LogP contribution in [0.5, 0.6) is 0 Å². The highest BCUT2D eigenvalue weighted by Crippen LogP contribution is 2.42. The average Bonchev–Trinajstić information content (AvgIpc) is 3.40. The Hall–Kier alpha value is -5.11. The molecule has 3 nitrogen and oxygen atoms in total. The summed E-state index contributed by atoms with van der Waals surface area (Å²) in [6, 6.07) is 45.5. The van der Waals surface area contributed by atoms with Crippen molar-refractivity contribution in [2.45, 2.75) is 0 Å². The Morgan fingerprint density at radius 1 is 0.538 bits per heavy atom. The van der Waals surface area contributed by atoms with Gasteiger partial charge >= 0.3 is 0 Å². The second kappa shape index (κ2) is 9.64. The normalized spacial score (nSPS) is 11.1. The van der Waals surface area contributed by atoms with Gasteiger partial charge in [-0.1, -0.05) is 97.1 Å². The number of rotatable bonds is 4. The number of aromatic nitrogens is 2. The number of thiophene rings is 1. The molecule has 0 fully saturated rings. The number of nitrogens with zero attached hydrogens (tertiary/aromatic N) is 3. The zero-order valence-corrected chi connectivity index (χ0v) is 21.7. The van der Waals surface area contributed by atoms with Crippen molar-refractivity contribution in [1.29, 1.82) is 5.26 Å². The predicted octanol–water partition coefficient (Wildman–Crippen LogP) is 9.38. The third-order valence-corrected chi connectivity index (χ3v) is 8.10. The van der Waals surface area contributed by atoms with Crippen LogP contribution in [0.2, 0.25) is 0 Å². The second-order valence-corrected chi connectivity index (χ2v) is 10.4. The predicted molar refractivity (Wildman–Crippen MR) is 161 cm³/mol. The van der Waals surface area contributed by atoms with E-state index >= 15 is 0 Å². The smallest absolute Gasteiger partial charge is 0.160 e. The molecule has 0 aliphatic carbocycles. The Morgan fingerprint density at radius 3 is 2.03 bits per heavy atom. The summed E-state index contributed by atoms with van der Waals surface area (Å²) < 4.78 is 2.56. The summed E-state index contributed by atoms with van der Waals surface area (Å²) in [7, 11) is 0. The van der Waals surface area contributed by atoms with Crippen molar-refractivity contribution >= 4 is 31.5 Å². The van der Waals surface area contributed by atoms with E-state index in [-0.39, 0.29) is 0 Å². The molecule has 0 saturated heterocycles. The molecule has 2 aromatic heterocycles. The molecule has 0 radical (unpaired) electrons. The zero-order chi connectivity index (χ0) is 26.2. The van der Waals surface area contributed by atoms with Crippen LogP contribution in [0.25, 0.3) is 65.2 Å². The number of hydrogen-bond donors (Lipinski definition) is 0. The highest BCUT2D eigenvalue weighted by Gasteiger charge is 2.17. The van der Waals surface area contributed by atoms with Gasteiger partial charge in [-0.05, 0) is 41.5 Å². The molecular formula is C35H21N3S. The first-order chi connectivity index (χ1) is 19.3. The van der Waals surface area contributed by atoms with Crippen molar-refractivity contribution in [3.63, 3.8) is 0 Å². The average molecular weight is 516 g/mol. The molecule has 5 aromatic carbocycles. The molecular weight excluding hydrogens is 494 g/mol. The SMILES string of the molecule is N#Cc1ccc(-c2cc(-c3ccccc3-c3cccc4sc5ccccc5c34)nc(-c3ccccc3)n2)cc1. The van der Waals surface area contributed by atoms with Crippen LogP contribution in [0.1, 0.15) is 5.56 Å². The minimum atomic E-state index is 0.623. The summed E-state index contributed by atoms with van der Waals surface area (Å²) in [6.45, 7) is 0. The van der Waals surface area contributed by atoms with Crippen LogP contribution in [0.15, 0.2) is 127 Å². The highest BCUT2D eigenvalue weighted by molar-refractivity contribution is 7.25. The first kappa shape index (κ1) is 23.0. The Kier molecular flexibility index (Phi) is 5.70. The van der Waals surface area contributed by atoms with Gasteiger partial charge in [-0.2, -0.15) is 5.26 Å². The van der Waals surface area contributed by atoms with Gasteiger partial charge in [0.25, 0.3) is 0 Å². The lowest BCUT2D eigenvalue weighted by atomic mass is 9.93. The summed E-state index contributed by atoms with van der Waals surface area (Å²) in [5.74, 6) is 0.668. The number of fused-ring (bicyclic) bond motifs is 3. The van der Waals surface area contributed by atoms with Gasteiger partial charge in [-0.25, -0.2) is 9.97 Å². The second-order valence-electron chi connectivity index (χ2n) is 9.34. The molecule has 7 aromatic rings. The van der Waals surface area contributed by atoms with E-state index in [0.717, 1.165) is 33.6 Å². The quantitative estimate of drug-likeness (QED) is 0.235. The van der Waals surface area contributed by atoms with Gasteiger partial charge in [-0.15, -0.1) is 11.3 Å². The number of benzene rings is 5. The third kappa shape index (κ3) is 4.16. The molecule has 0 spiro atoms. The Balaban J connectivity index is 1.47. The van der Waals surface area contributed by atoms with Gasteiger partial charge in [0.15, 0.2) is 5.82 Å². The van der Waals surface area contributed by atoms with Gasteiger partial charge in [-0.3, -0.25) is 0 Å². The van der Waals surface area contributed by atoms with Crippen molar-refractivity contribution in [3.8, 4) is 51.1 Å². The lowest BCUT2D eigenvalue weighted by Gasteiger charge is -2.14. The molecule has 2 heterocycles. The maximum Gasteiger partial charge on any atom is 0.160 e. The standard InChI is InChI=1S/C35H21N3S/c36-22-23-17-19-24(20-18-23)30-21-31(38-35(37-30)25-9-2-1-3-10-25)27-12-5-4-11-26(27)28-14-8-16-33-34(28)29-13-6-7-15-32(29)39-33/h1-21H. The summed E-state index contributed by atoms with van der Waals surface area (Å²) in [5.41, 5.74) is 7.58. The van der Waals surface area contributed by atoms with E-state index < -0.39 is 0 Å². The van der Waals surface area contributed by atoms with Gasteiger partial charge in [0.1, 0.15) is 0 Å². The van der Waals surface area contributed by atoms with Crippen molar-refractivity contribution in [2.75, 3.05) is 0 Å². The molecule has 0 amide bonds. The van der Waals surface area contributed by atoms with Gasteiger partial charge in [0, 0.05) is 36.9 Å². The molecule has 0 aliphatic rings. The van der Waals surface area contributed by atoms with Gasteiger partial charge < -0.3 is 0 Å². The van der Waals surface area contributed by atoms with Crippen molar-refractivity contribution in [3.05, 3.63) is 133 Å². The third-order valence-electron chi connectivity index (χ3n) is 6.96. The van der Waals surface area contributed by atoms with Crippen LogP contribution in [-0.2, 0) is 0 Å². The molecule has 7 rings (SSSR count). The number of nitriles is 1. The van der Waals surface area contributed by atoms with E-state index in [1.165, 1.54) is 25.7 Å². The monoisotopic (exact) mass is 515 g/mol. The minimum Gasteiger partial charge on any atom is -0.228 e. The first-order valence-corrected chi connectivity index (χ1v) is 13.6. The maximum absolute atomic E-state index is 9.27. The maximum atomic E-state index is 9.27. The fraction of sp³-hybridized carbons (Fsp3) is 0. The molecule has 182 valence electrons. The molecule has 0 atom stereocenters. The molecule has 0 unspecified atom stereocenters. The van der Waals surface area contributed by atoms with Crippen LogP contribution < -0.4 is 0 Å². The van der Waals surface area contributed by atoms with Crippen LogP contribution in [-0.4, -0.2) is 9.97 Å². The molecule has 0 bridgehead atoms. The topological polar surface area (TPSA) is 49.6 Å². The Bertz CT molecular complexity index is 2020. The molecule has 0 N–H and O–H groups in total. The van der Waals surface area contributed by atoms with E-state index in [4.69, 9.17) is 9.97 Å². The van der Waals surface area contributed by atoms with Crippen molar-refractivity contribution < 1.29 is 0 Å². The fourth-order valence-electron chi connectivity index (χ4n) is 5.11. The summed E-state index contributed by atoms with van der Waals surface area (Å²) in [4.78, 5) is 10.0. The van der Waals surface area contributed by atoms with Gasteiger partial charge in [0.2, 0.25) is 0 Å². The van der Waals surface area contributed by atoms with E-state index in [0.29, 0.717) is 11.4 Å². The van der Waals surface area contributed by atoms with Crippen molar-refractivity contribution in [1.82, 2.24) is 9.97 Å². The summed E-state index contributed by atoms with van der Waals surface area (Å²) in [6.07, 6.45) is 0. The number of hydrogen-bond acceptors (Lipinski definition) is 4. The molecule has 0 saturated carbocycles. The van der Waals surface area contributed by atoms with E-state index in [1.807, 2.05) is 65.9 Å². The Morgan fingerprint density at radius 2 is 1.21 bits per heavy atom. The van der Waals surface area contributed by atoms with Gasteiger partial charge in [0.05, 0.1) is 23.0 Å². The fourth-order valence-corrected chi connectivity index (χ4v) is 6.24. The summed E-state index contributed by atoms with van der Waals surface area (Å²) >= 11 is 1.83. The van der Waals surface area contributed by atoms with Crippen LogP contribution in [0.3, 0.4) is 0 Å². The first-order valence-electron chi connectivity index (χ1n) is 12.7. The molecule has 4 heteroatoms. The summed E-state index contributed by atoms with van der Waals surface area (Å²) in [5, 5.41) is 11.8. The lowest BCUT2D eigenvalue weighted by molar-refractivity contribution is 1.18. The zero-order valence-electron chi connectivity index (χ0n) is 20.9. The van der Waals surface area contributed by atoms with E-state index in [1.54, 1.807) is 0 Å². The van der Waals surface area contributed by atoms with E-state index in [9.17, 15) is 5.26 Å². The minimum absolute atomic E-state index is 0.623. The van der Waals surface area contributed by atoms with Crippen LogP contribution in [0.4, 0.5) is 0 Å². The van der Waals surface area contributed by atoms with E-state index in [2.05, 4.69) is 78.9 Å². The highest BCUT2D eigenvalue weighted by atomic mass is 32.1. The van der Waals surface area contributed by atoms with Crippen molar-refractivity contribution in [2.24, 2.45) is 0 Å². The Labute approximate surface area is 230 Å². The molecule has 39 heavy (non-hydrogen) atoms. The van der Waals surface area contributed by atoms with Crippen LogP contribution in [0, 0.1) is 11.3 Å². The lowest BCUT2D eigenvalue weighted by Crippen LogP contribution is -1.97. The molecule has 0 aliphatic heterocycles.